The molecule has 3 aliphatic rings. The Labute approximate surface area is 92.0 Å². The molecule has 4 rings (SSSR count). The van der Waals surface area contributed by atoms with Crippen molar-refractivity contribution in [2.24, 2.45) is 5.92 Å². The second kappa shape index (κ2) is 2.51. The fourth-order valence-electron chi connectivity index (χ4n) is 2.89. The minimum absolute atomic E-state index is 0.0764. The third-order valence-electron chi connectivity index (χ3n) is 3.83. The molecule has 1 fully saturated rings. The first-order valence-electron chi connectivity index (χ1n) is 5.63. The Bertz CT molecular complexity index is 568. The van der Waals surface area contributed by atoms with Crippen molar-refractivity contribution in [3.63, 3.8) is 0 Å². The summed E-state index contributed by atoms with van der Waals surface area (Å²) in [5.74, 6) is 2.00. The molecule has 0 aromatic carbocycles. The second-order valence-corrected chi connectivity index (χ2v) is 4.77. The summed E-state index contributed by atoms with van der Waals surface area (Å²) in [4.78, 5) is 27.8. The van der Waals surface area contributed by atoms with Crippen molar-refractivity contribution in [2.45, 2.75) is 25.3 Å². The highest BCUT2D eigenvalue weighted by Gasteiger charge is 2.46. The minimum Gasteiger partial charge on any atom is -0.324 e. The molecule has 4 nitrogen and oxygen atoms in total. The first-order valence-corrected chi connectivity index (χ1v) is 5.63. The van der Waals surface area contributed by atoms with Gasteiger partial charge in [0.15, 0.2) is 0 Å². The van der Waals surface area contributed by atoms with E-state index in [0.29, 0.717) is 17.3 Å². The van der Waals surface area contributed by atoms with Gasteiger partial charge in [-0.2, -0.15) is 0 Å². The van der Waals surface area contributed by atoms with Crippen molar-refractivity contribution in [2.75, 3.05) is 0 Å². The Morgan fingerprint density at radius 1 is 1.25 bits per heavy atom. The van der Waals surface area contributed by atoms with Gasteiger partial charge in [-0.05, 0) is 30.9 Å². The smallest absolute Gasteiger partial charge is 0.206 e. The number of aromatic nitrogens is 2. The molecule has 2 aliphatic carbocycles. The minimum atomic E-state index is -0.131. The number of ketones is 2. The average molecular weight is 214 g/mol. The molecule has 4 heteroatoms. The summed E-state index contributed by atoms with van der Waals surface area (Å²) in [6.45, 7) is 0.839. The topological polar surface area (TPSA) is 52.0 Å². The number of fused-ring (bicyclic) bond motifs is 5. The van der Waals surface area contributed by atoms with Crippen LogP contribution in [0.2, 0.25) is 0 Å². The molecule has 0 spiro atoms. The maximum atomic E-state index is 11.8. The first kappa shape index (κ1) is 8.44. The van der Waals surface area contributed by atoms with Crippen molar-refractivity contribution in [1.82, 2.24) is 9.55 Å². The van der Waals surface area contributed by atoms with Crippen LogP contribution in [0.15, 0.2) is 12.2 Å². The SMILES string of the molecule is O=C1C=CC(=O)c2c1nc1n2CCC2CC12. The van der Waals surface area contributed by atoms with Gasteiger partial charge < -0.3 is 4.57 Å². The van der Waals surface area contributed by atoms with Crippen LogP contribution in [0.5, 0.6) is 0 Å². The lowest BCUT2D eigenvalue weighted by Crippen LogP contribution is -2.18. The largest absolute Gasteiger partial charge is 0.324 e. The molecule has 2 atom stereocenters. The van der Waals surface area contributed by atoms with Gasteiger partial charge in [0.2, 0.25) is 11.6 Å². The molecule has 1 saturated carbocycles. The molecule has 0 radical (unpaired) electrons. The summed E-state index contributed by atoms with van der Waals surface area (Å²) in [6, 6.07) is 0. The highest BCUT2D eigenvalue weighted by Crippen LogP contribution is 2.52. The number of carbonyl (C=O) groups is 2. The zero-order valence-electron chi connectivity index (χ0n) is 8.64. The Balaban J connectivity index is 1.99. The average Bonchev–Trinajstić information content (AvgIpc) is 2.96. The van der Waals surface area contributed by atoms with Gasteiger partial charge in [-0.1, -0.05) is 0 Å². The van der Waals surface area contributed by atoms with Crippen LogP contribution in [0.3, 0.4) is 0 Å². The van der Waals surface area contributed by atoms with Gasteiger partial charge in [0.1, 0.15) is 17.2 Å². The number of hydrogen-bond acceptors (Lipinski definition) is 3. The Morgan fingerprint density at radius 3 is 2.94 bits per heavy atom. The van der Waals surface area contributed by atoms with E-state index in [1.54, 1.807) is 0 Å². The predicted octanol–water partition coefficient (Wildman–Crippen LogP) is 1.33. The van der Waals surface area contributed by atoms with Crippen molar-refractivity contribution < 1.29 is 9.59 Å². The third-order valence-corrected chi connectivity index (χ3v) is 3.83. The molecular formula is C12H10N2O2. The summed E-state index contributed by atoms with van der Waals surface area (Å²) in [7, 11) is 0. The van der Waals surface area contributed by atoms with Crippen LogP contribution in [0.1, 0.15) is 45.6 Å². The molecule has 0 amide bonds. The van der Waals surface area contributed by atoms with Gasteiger partial charge in [-0.15, -0.1) is 0 Å². The normalized spacial score (nSPS) is 29.8. The lowest BCUT2D eigenvalue weighted by atomic mass is 10.1. The summed E-state index contributed by atoms with van der Waals surface area (Å²) >= 11 is 0. The quantitative estimate of drug-likeness (QED) is 0.654. The number of hydrogen-bond donors (Lipinski definition) is 0. The molecule has 0 saturated heterocycles. The second-order valence-electron chi connectivity index (χ2n) is 4.77. The van der Waals surface area contributed by atoms with Crippen molar-refractivity contribution >= 4 is 11.6 Å². The predicted molar refractivity (Wildman–Crippen MR) is 55.5 cm³/mol. The van der Waals surface area contributed by atoms with Crippen molar-refractivity contribution in [3.05, 3.63) is 29.4 Å². The van der Waals surface area contributed by atoms with Gasteiger partial charge in [0.05, 0.1) is 0 Å². The summed E-state index contributed by atoms with van der Waals surface area (Å²) in [6.07, 6.45) is 4.98. The van der Waals surface area contributed by atoms with Crippen LogP contribution < -0.4 is 0 Å². The fourth-order valence-corrected chi connectivity index (χ4v) is 2.89. The van der Waals surface area contributed by atoms with Gasteiger partial charge >= 0.3 is 0 Å². The van der Waals surface area contributed by atoms with Crippen LogP contribution >= 0.6 is 0 Å². The lowest BCUT2D eigenvalue weighted by molar-refractivity contribution is 0.0985. The Kier molecular flexibility index (Phi) is 1.32. The standard InChI is InChI=1S/C12H10N2O2/c15-8-1-2-9(16)11-10(8)13-12-7-5-6(7)3-4-14(11)12/h1-2,6-7H,3-5H2. The maximum Gasteiger partial charge on any atom is 0.206 e. The van der Waals surface area contributed by atoms with E-state index in [0.717, 1.165) is 24.7 Å². The zero-order chi connectivity index (χ0) is 10.9. The zero-order valence-corrected chi connectivity index (χ0v) is 8.64. The summed E-state index contributed by atoms with van der Waals surface area (Å²) < 4.78 is 1.97. The lowest BCUT2D eigenvalue weighted by Gasteiger charge is -2.15. The molecule has 1 aromatic rings. The summed E-state index contributed by atoms with van der Waals surface area (Å²) in [5, 5.41) is 0. The maximum absolute atomic E-state index is 11.8. The molecule has 16 heavy (non-hydrogen) atoms. The van der Waals surface area contributed by atoms with Crippen LogP contribution in [0, 0.1) is 5.92 Å². The van der Waals surface area contributed by atoms with E-state index in [9.17, 15) is 9.59 Å². The molecule has 0 bridgehead atoms. The van der Waals surface area contributed by atoms with Gasteiger partial charge in [0, 0.05) is 12.5 Å². The van der Waals surface area contributed by atoms with E-state index >= 15 is 0 Å². The number of nitrogens with zero attached hydrogens (tertiary/aromatic N) is 2. The Morgan fingerprint density at radius 2 is 2.06 bits per heavy atom. The monoisotopic (exact) mass is 214 g/mol. The molecule has 2 unspecified atom stereocenters. The van der Waals surface area contributed by atoms with Gasteiger partial charge in [-0.3, -0.25) is 9.59 Å². The third kappa shape index (κ3) is 0.876. The van der Waals surface area contributed by atoms with E-state index in [1.165, 1.54) is 18.6 Å². The van der Waals surface area contributed by atoms with Crippen molar-refractivity contribution in [3.8, 4) is 0 Å². The van der Waals surface area contributed by atoms with Crippen LogP contribution in [0.4, 0.5) is 0 Å². The first-order chi connectivity index (χ1) is 7.75. The van der Waals surface area contributed by atoms with Crippen LogP contribution in [0.25, 0.3) is 0 Å². The molecule has 80 valence electrons. The molecule has 0 N–H and O–H groups in total. The highest BCUT2D eigenvalue weighted by molar-refractivity contribution is 6.20. The number of imidazole rings is 1. The van der Waals surface area contributed by atoms with Crippen molar-refractivity contribution in [1.29, 1.82) is 0 Å². The van der Waals surface area contributed by atoms with E-state index in [1.807, 2.05) is 4.57 Å². The highest BCUT2D eigenvalue weighted by atomic mass is 16.1. The molecule has 1 aromatic heterocycles. The van der Waals surface area contributed by atoms with Crippen LogP contribution in [-0.4, -0.2) is 21.1 Å². The fraction of sp³-hybridized carbons (Fsp3) is 0.417. The van der Waals surface area contributed by atoms with Crippen LogP contribution in [-0.2, 0) is 6.54 Å². The number of rotatable bonds is 0. The summed E-state index contributed by atoms with van der Waals surface area (Å²) in [5.41, 5.74) is 0.892. The van der Waals surface area contributed by atoms with E-state index in [-0.39, 0.29) is 11.6 Å². The van der Waals surface area contributed by atoms with Gasteiger partial charge in [0.25, 0.3) is 0 Å². The number of allylic oxidation sites excluding steroid dienone is 2. The Hall–Kier alpha value is -1.71. The molecule has 2 heterocycles. The van der Waals surface area contributed by atoms with E-state index in [4.69, 9.17) is 0 Å². The number of carbonyl (C=O) groups excluding carboxylic acids is 2. The molecule has 1 aliphatic heterocycles. The van der Waals surface area contributed by atoms with E-state index < -0.39 is 0 Å². The molecular weight excluding hydrogens is 204 g/mol. The van der Waals surface area contributed by atoms with E-state index in [2.05, 4.69) is 4.98 Å². The van der Waals surface area contributed by atoms with Gasteiger partial charge in [-0.25, -0.2) is 4.98 Å².